The van der Waals surface area contributed by atoms with E-state index in [1.54, 1.807) is 0 Å². The number of fused-ring (bicyclic) bond motifs is 1. The van der Waals surface area contributed by atoms with Crippen molar-refractivity contribution in [1.82, 2.24) is 24.8 Å². The molecule has 0 aromatic carbocycles. The minimum atomic E-state index is -4.40. The highest BCUT2D eigenvalue weighted by Crippen LogP contribution is 2.32. The third kappa shape index (κ3) is 6.23. The number of hydrogen-bond donors (Lipinski definition) is 2. The number of amides is 1. The summed E-state index contributed by atoms with van der Waals surface area (Å²) in [7, 11) is 0. The Bertz CT molecular complexity index is 1230. The molecule has 8 nitrogen and oxygen atoms in total. The molecule has 1 aliphatic heterocycles. The number of carbonyl (C=O) groups excluding carboxylic acids is 1. The van der Waals surface area contributed by atoms with E-state index in [2.05, 4.69) is 19.9 Å². The predicted octanol–water partition coefficient (Wildman–Crippen LogP) is 4.77. The Morgan fingerprint density at radius 3 is 2.56 bits per heavy atom. The number of H-pyrrole nitrogens is 1. The Morgan fingerprint density at radius 1 is 1.22 bits per heavy atom. The van der Waals surface area contributed by atoms with E-state index in [1.807, 2.05) is 0 Å². The van der Waals surface area contributed by atoms with Crippen LogP contribution >= 0.6 is 0 Å². The summed E-state index contributed by atoms with van der Waals surface area (Å²) in [6.45, 7) is 2.76. The van der Waals surface area contributed by atoms with Gasteiger partial charge in [0.15, 0.2) is 11.4 Å². The molecule has 1 amide bonds. The summed E-state index contributed by atoms with van der Waals surface area (Å²) in [5.41, 5.74) is 3.00. The highest BCUT2D eigenvalue weighted by Gasteiger charge is 2.36. The molecule has 0 bridgehead atoms. The minimum Gasteiger partial charge on any atom is -0.431 e. The fourth-order valence-corrected chi connectivity index (χ4v) is 3.22. The van der Waals surface area contributed by atoms with Crippen molar-refractivity contribution in [2.45, 2.75) is 45.1 Å². The Morgan fingerprint density at radius 2 is 1.94 bits per heavy atom. The van der Waals surface area contributed by atoms with Gasteiger partial charge in [0.05, 0.1) is 30.0 Å². The van der Waals surface area contributed by atoms with Crippen LogP contribution in [-0.2, 0) is 24.8 Å². The van der Waals surface area contributed by atoms with Crippen LogP contribution in [0, 0.1) is 0 Å². The van der Waals surface area contributed by atoms with Gasteiger partial charge in [0.2, 0.25) is 11.7 Å². The molecule has 0 aliphatic carbocycles. The molecule has 1 aliphatic rings. The Labute approximate surface area is 201 Å². The molecule has 3 N–H and O–H groups in total. The van der Waals surface area contributed by atoms with Crippen LogP contribution in [0.5, 0.6) is 0 Å². The fraction of sp³-hybridized carbons (Fsp3) is 0.364. The number of rotatable bonds is 4. The van der Waals surface area contributed by atoms with Crippen LogP contribution in [0.4, 0.5) is 26.3 Å². The van der Waals surface area contributed by atoms with Crippen molar-refractivity contribution in [1.29, 1.82) is 0 Å². The van der Waals surface area contributed by atoms with Gasteiger partial charge in [0.1, 0.15) is 5.69 Å². The van der Waals surface area contributed by atoms with E-state index >= 15 is 0 Å². The summed E-state index contributed by atoms with van der Waals surface area (Å²) < 4.78 is 81.4. The van der Waals surface area contributed by atoms with E-state index in [-0.39, 0.29) is 12.2 Å². The number of aromatic amines is 1. The minimum absolute atomic E-state index is 0.192. The number of nitrogens with one attached hydrogen (secondary N) is 1. The van der Waals surface area contributed by atoms with Gasteiger partial charge in [0.25, 0.3) is 12.3 Å². The van der Waals surface area contributed by atoms with E-state index in [4.69, 9.17) is 10.2 Å². The highest BCUT2D eigenvalue weighted by molar-refractivity contribution is 5.92. The Kier molecular flexibility index (Phi) is 7.74. The third-order valence-corrected chi connectivity index (χ3v) is 4.95. The van der Waals surface area contributed by atoms with Gasteiger partial charge >= 0.3 is 6.18 Å². The molecular formula is C22H22F6N6O2. The summed E-state index contributed by atoms with van der Waals surface area (Å²) in [4.78, 5) is 27.7. The average Bonchev–Trinajstić information content (AvgIpc) is 3.46. The van der Waals surface area contributed by atoms with Gasteiger partial charge in [-0.2, -0.15) is 13.2 Å². The van der Waals surface area contributed by atoms with E-state index in [0.717, 1.165) is 37.5 Å². The lowest BCUT2D eigenvalue weighted by Gasteiger charge is -2.25. The van der Waals surface area contributed by atoms with Crippen LogP contribution in [0.3, 0.4) is 0 Å². The zero-order valence-corrected chi connectivity index (χ0v) is 19.1. The Hall–Kier alpha value is -3.84. The van der Waals surface area contributed by atoms with Crippen molar-refractivity contribution >= 4 is 12.0 Å². The molecule has 0 saturated heterocycles. The predicted molar refractivity (Wildman–Crippen MR) is 115 cm³/mol. The lowest BCUT2D eigenvalue weighted by atomic mass is 10.1. The van der Waals surface area contributed by atoms with Crippen LogP contribution in [-0.4, -0.2) is 37.3 Å². The first kappa shape index (κ1) is 26.8. The zero-order chi connectivity index (χ0) is 26.7. The number of imidazole rings is 1. The van der Waals surface area contributed by atoms with Crippen LogP contribution in [0.15, 0.2) is 35.1 Å². The molecule has 4 heterocycles. The monoisotopic (exact) mass is 516 g/mol. The van der Waals surface area contributed by atoms with Crippen molar-refractivity contribution in [3.05, 3.63) is 70.8 Å². The van der Waals surface area contributed by atoms with Gasteiger partial charge in [-0.3, -0.25) is 4.79 Å². The second-order valence-electron chi connectivity index (χ2n) is 8.12. The normalized spacial score (nSPS) is 14.1. The number of aromatic nitrogens is 4. The number of carbonyl (C=O) groups is 1. The summed E-state index contributed by atoms with van der Waals surface area (Å²) >= 11 is 0. The third-order valence-electron chi connectivity index (χ3n) is 4.95. The largest absolute Gasteiger partial charge is 0.433 e. The van der Waals surface area contributed by atoms with Crippen molar-refractivity contribution in [3.63, 3.8) is 0 Å². The number of nitrogens with two attached hydrogens (primary N) is 1. The molecule has 0 atom stereocenters. The SMILES string of the molecule is CC(C)(F)c1nc(C(F)F)c(C(=O)N2CCc3nc[nH]c3C2)o1.N/C=C\c1cccc(C(F)(F)F)n1. The first-order chi connectivity index (χ1) is 16.8. The Balaban J connectivity index is 0.000000236. The molecule has 0 radical (unpaired) electrons. The van der Waals surface area contributed by atoms with Gasteiger partial charge in [-0.15, -0.1) is 0 Å². The zero-order valence-electron chi connectivity index (χ0n) is 19.1. The molecule has 36 heavy (non-hydrogen) atoms. The second kappa shape index (κ2) is 10.4. The molecule has 3 aromatic rings. The van der Waals surface area contributed by atoms with Crippen molar-refractivity contribution in [3.8, 4) is 0 Å². The molecule has 4 rings (SSSR count). The smallest absolute Gasteiger partial charge is 0.431 e. The number of hydrogen-bond acceptors (Lipinski definition) is 6. The fourth-order valence-electron chi connectivity index (χ4n) is 3.22. The topological polar surface area (TPSA) is 114 Å². The molecule has 14 heteroatoms. The molecule has 3 aromatic heterocycles. The molecule has 0 unspecified atom stereocenters. The standard InChI is InChI=1S/C14H15F3N4O2.C8H7F3N2/c1-14(2,17)13-20-9(11(15)16)10(23-13)12(22)21-4-3-7-8(5-21)19-6-18-7;9-8(10,11)7-3-1-2-6(13-7)4-5-12/h6,11H,3-5H2,1-2H3,(H,18,19);1-5H,12H2/b;5-4-. The van der Waals surface area contributed by atoms with Gasteiger partial charge in [0, 0.05) is 13.0 Å². The number of halogens is 6. The van der Waals surface area contributed by atoms with Gasteiger partial charge in [-0.1, -0.05) is 6.07 Å². The number of nitrogens with zero attached hydrogens (tertiary/aromatic N) is 4. The van der Waals surface area contributed by atoms with E-state index in [9.17, 15) is 31.1 Å². The number of oxazole rings is 1. The molecule has 0 fully saturated rings. The van der Waals surface area contributed by atoms with E-state index < -0.39 is 47.2 Å². The van der Waals surface area contributed by atoms with Crippen molar-refractivity contribution < 1.29 is 35.6 Å². The van der Waals surface area contributed by atoms with Crippen molar-refractivity contribution in [2.75, 3.05) is 6.54 Å². The van der Waals surface area contributed by atoms with E-state index in [1.165, 1.54) is 29.4 Å². The maximum atomic E-state index is 13.9. The van der Waals surface area contributed by atoms with Gasteiger partial charge in [-0.05, 0) is 38.3 Å². The lowest BCUT2D eigenvalue weighted by molar-refractivity contribution is -0.141. The maximum Gasteiger partial charge on any atom is 0.433 e. The summed E-state index contributed by atoms with van der Waals surface area (Å²) in [5.74, 6) is -1.87. The summed E-state index contributed by atoms with van der Waals surface area (Å²) in [6, 6.07) is 3.64. The number of alkyl halides is 6. The number of pyridine rings is 1. The van der Waals surface area contributed by atoms with Crippen LogP contribution in [0.25, 0.3) is 6.08 Å². The van der Waals surface area contributed by atoms with Gasteiger partial charge in [-0.25, -0.2) is 28.1 Å². The summed E-state index contributed by atoms with van der Waals surface area (Å²) in [5, 5.41) is 0. The van der Waals surface area contributed by atoms with Crippen molar-refractivity contribution in [2.24, 2.45) is 5.73 Å². The van der Waals surface area contributed by atoms with Gasteiger partial charge < -0.3 is 20.0 Å². The maximum absolute atomic E-state index is 13.9. The first-order valence-corrected chi connectivity index (χ1v) is 10.5. The molecule has 0 spiro atoms. The quantitative estimate of drug-likeness (QED) is 0.483. The van der Waals surface area contributed by atoms with Crippen LogP contribution in [0.2, 0.25) is 0 Å². The summed E-state index contributed by atoms with van der Waals surface area (Å²) in [6.07, 6.45) is -2.97. The van der Waals surface area contributed by atoms with E-state index in [0.29, 0.717) is 13.0 Å². The average molecular weight is 516 g/mol. The highest BCUT2D eigenvalue weighted by atomic mass is 19.4. The second-order valence-corrected chi connectivity index (χ2v) is 8.12. The first-order valence-electron chi connectivity index (χ1n) is 10.5. The van der Waals surface area contributed by atoms with Crippen LogP contribution < -0.4 is 5.73 Å². The molecule has 0 saturated carbocycles. The molecular weight excluding hydrogens is 494 g/mol. The lowest BCUT2D eigenvalue weighted by Crippen LogP contribution is -2.36. The van der Waals surface area contributed by atoms with Crippen LogP contribution in [0.1, 0.15) is 65.2 Å². The molecule has 194 valence electrons.